The zero-order chi connectivity index (χ0) is 19.2. The molecule has 0 saturated carbocycles. The molecule has 0 fully saturated rings. The number of hydrogen-bond acceptors (Lipinski definition) is 2. The molecular formula is C24H19BrO2. The van der Waals surface area contributed by atoms with Gasteiger partial charge in [0, 0.05) is 22.0 Å². The van der Waals surface area contributed by atoms with Crippen molar-refractivity contribution in [3.63, 3.8) is 0 Å². The summed E-state index contributed by atoms with van der Waals surface area (Å²) in [4.78, 5) is 25.4. The Kier molecular flexibility index (Phi) is 6.15. The minimum atomic E-state index is -0.0996. The van der Waals surface area contributed by atoms with Crippen LogP contribution in [0.15, 0.2) is 89.4 Å². The molecule has 3 aromatic carbocycles. The number of rotatable bonds is 6. The van der Waals surface area contributed by atoms with Crippen LogP contribution in [0.5, 0.6) is 0 Å². The molecule has 27 heavy (non-hydrogen) atoms. The van der Waals surface area contributed by atoms with Crippen molar-refractivity contribution in [2.75, 3.05) is 0 Å². The van der Waals surface area contributed by atoms with Crippen LogP contribution in [0, 0.1) is 6.92 Å². The summed E-state index contributed by atoms with van der Waals surface area (Å²) in [6.07, 6.45) is 1.75. The van der Waals surface area contributed by atoms with Crippen LogP contribution in [-0.4, -0.2) is 11.6 Å². The number of Topliss-reactive ketones (excluding diaryl/α,β-unsaturated/α-hetero) is 1. The fourth-order valence-electron chi connectivity index (χ4n) is 2.76. The first-order valence-corrected chi connectivity index (χ1v) is 9.48. The molecule has 0 aromatic heterocycles. The Bertz CT molecular complexity index is 969. The van der Waals surface area contributed by atoms with Crippen LogP contribution in [0.25, 0.3) is 5.57 Å². The van der Waals surface area contributed by atoms with E-state index in [9.17, 15) is 9.59 Å². The van der Waals surface area contributed by atoms with Gasteiger partial charge in [0.25, 0.3) is 0 Å². The van der Waals surface area contributed by atoms with Crippen molar-refractivity contribution in [1.82, 2.24) is 0 Å². The number of halogens is 1. The lowest BCUT2D eigenvalue weighted by Crippen LogP contribution is -2.03. The maximum atomic E-state index is 12.7. The second-order valence-electron chi connectivity index (χ2n) is 6.37. The summed E-state index contributed by atoms with van der Waals surface area (Å²) in [5, 5.41) is 0. The number of aryl methyl sites for hydroxylation is 1. The Morgan fingerprint density at radius 3 is 2.00 bits per heavy atom. The number of carbonyl (C=O) groups is 2. The van der Waals surface area contributed by atoms with Crippen LogP contribution in [0.2, 0.25) is 0 Å². The molecule has 0 heterocycles. The van der Waals surface area contributed by atoms with Crippen LogP contribution in [0.3, 0.4) is 0 Å². The van der Waals surface area contributed by atoms with Gasteiger partial charge in [0.2, 0.25) is 0 Å². The van der Waals surface area contributed by atoms with Crippen LogP contribution in [-0.2, 0) is 0 Å². The highest BCUT2D eigenvalue weighted by Gasteiger charge is 2.13. The third kappa shape index (κ3) is 5.11. The average molecular weight is 419 g/mol. The predicted octanol–water partition coefficient (Wildman–Crippen LogP) is 6.30. The van der Waals surface area contributed by atoms with E-state index in [4.69, 9.17) is 0 Å². The Morgan fingerprint density at radius 2 is 1.37 bits per heavy atom. The highest BCUT2D eigenvalue weighted by Crippen LogP contribution is 2.22. The van der Waals surface area contributed by atoms with Crippen LogP contribution in [0.4, 0.5) is 0 Å². The summed E-state index contributed by atoms with van der Waals surface area (Å²) in [6, 6.07) is 24.3. The van der Waals surface area contributed by atoms with E-state index in [1.54, 1.807) is 18.2 Å². The van der Waals surface area contributed by atoms with Gasteiger partial charge in [-0.2, -0.15) is 0 Å². The van der Waals surface area contributed by atoms with E-state index in [-0.39, 0.29) is 18.0 Å². The monoisotopic (exact) mass is 418 g/mol. The van der Waals surface area contributed by atoms with Crippen LogP contribution in [0.1, 0.15) is 38.3 Å². The molecule has 0 amide bonds. The topological polar surface area (TPSA) is 34.1 Å². The van der Waals surface area contributed by atoms with Gasteiger partial charge in [-0.25, -0.2) is 0 Å². The van der Waals surface area contributed by atoms with Gasteiger partial charge in [0.05, 0.1) is 0 Å². The van der Waals surface area contributed by atoms with Crippen molar-refractivity contribution in [3.05, 3.63) is 112 Å². The Hall–Kier alpha value is -2.78. The first kappa shape index (κ1) is 19.0. The predicted molar refractivity (Wildman–Crippen MR) is 113 cm³/mol. The molecule has 0 aliphatic heterocycles. The smallest absolute Gasteiger partial charge is 0.186 e. The summed E-state index contributed by atoms with van der Waals surface area (Å²) in [5.74, 6) is -0.119. The van der Waals surface area contributed by atoms with Crippen molar-refractivity contribution < 1.29 is 9.59 Å². The first-order valence-electron chi connectivity index (χ1n) is 8.69. The highest BCUT2D eigenvalue weighted by atomic mass is 79.9. The minimum Gasteiger partial charge on any atom is -0.294 e. The van der Waals surface area contributed by atoms with Gasteiger partial charge < -0.3 is 0 Å². The van der Waals surface area contributed by atoms with Gasteiger partial charge in [-0.05, 0) is 36.3 Å². The molecule has 0 N–H and O–H groups in total. The van der Waals surface area contributed by atoms with Crippen LogP contribution >= 0.6 is 15.9 Å². The molecule has 3 heteroatoms. The molecule has 3 aromatic rings. The zero-order valence-corrected chi connectivity index (χ0v) is 16.6. The largest absolute Gasteiger partial charge is 0.294 e. The summed E-state index contributed by atoms with van der Waals surface area (Å²) < 4.78 is 0.924. The van der Waals surface area contributed by atoms with Crippen molar-refractivity contribution in [3.8, 4) is 0 Å². The molecule has 0 saturated heterocycles. The Morgan fingerprint density at radius 1 is 0.778 bits per heavy atom. The number of allylic oxidation sites excluding steroid dienone is 2. The van der Waals surface area contributed by atoms with Gasteiger partial charge in [0.1, 0.15) is 0 Å². The molecule has 3 rings (SSSR count). The molecule has 0 unspecified atom stereocenters. The normalized spacial score (nSPS) is 11.3. The molecular weight excluding hydrogens is 400 g/mol. The third-order valence-corrected chi connectivity index (χ3v) is 4.83. The number of carbonyl (C=O) groups excluding carboxylic acids is 2. The second-order valence-corrected chi connectivity index (χ2v) is 7.29. The maximum Gasteiger partial charge on any atom is 0.186 e. The van der Waals surface area contributed by atoms with Crippen LogP contribution < -0.4 is 0 Å². The van der Waals surface area contributed by atoms with E-state index in [0.29, 0.717) is 16.7 Å². The summed E-state index contributed by atoms with van der Waals surface area (Å²) >= 11 is 3.38. The average Bonchev–Trinajstić information content (AvgIpc) is 2.69. The molecule has 134 valence electrons. The lowest BCUT2D eigenvalue weighted by molar-refractivity contribution is 0.0998. The zero-order valence-electron chi connectivity index (χ0n) is 15.0. The van der Waals surface area contributed by atoms with E-state index in [1.165, 1.54) is 0 Å². The SMILES string of the molecule is Cc1ccc(C(=O)/C=C(/CC(=O)c2ccc(Br)cc2)c2ccccc2)cc1. The van der Waals surface area contributed by atoms with E-state index < -0.39 is 0 Å². The van der Waals surface area contributed by atoms with Crippen molar-refractivity contribution in [1.29, 1.82) is 0 Å². The van der Waals surface area contributed by atoms with Gasteiger partial charge >= 0.3 is 0 Å². The Balaban J connectivity index is 1.91. The quantitative estimate of drug-likeness (QED) is 0.347. The molecule has 0 aliphatic rings. The number of ketones is 2. The third-order valence-electron chi connectivity index (χ3n) is 4.30. The summed E-state index contributed by atoms with van der Waals surface area (Å²) in [7, 11) is 0. The van der Waals surface area contributed by atoms with E-state index >= 15 is 0 Å². The van der Waals surface area contributed by atoms with Crippen molar-refractivity contribution in [2.24, 2.45) is 0 Å². The molecule has 0 spiro atoms. The summed E-state index contributed by atoms with van der Waals surface area (Å²) in [6.45, 7) is 1.98. The summed E-state index contributed by atoms with van der Waals surface area (Å²) in [5.41, 5.74) is 3.94. The highest BCUT2D eigenvalue weighted by molar-refractivity contribution is 9.10. The first-order chi connectivity index (χ1) is 13.0. The standard InChI is InChI=1S/C24H19BrO2/c1-17-7-9-19(10-8-17)23(26)15-21(18-5-3-2-4-6-18)16-24(27)20-11-13-22(25)14-12-20/h2-15H,16H2,1H3/b21-15-. The second kappa shape index (κ2) is 8.74. The number of hydrogen-bond donors (Lipinski definition) is 0. The molecule has 2 nitrogen and oxygen atoms in total. The lowest BCUT2D eigenvalue weighted by atomic mass is 9.95. The van der Waals surface area contributed by atoms with E-state index in [1.807, 2.05) is 73.7 Å². The van der Waals surface area contributed by atoms with E-state index in [2.05, 4.69) is 15.9 Å². The molecule has 0 atom stereocenters. The lowest BCUT2D eigenvalue weighted by Gasteiger charge is -2.08. The number of benzene rings is 3. The Labute approximate surface area is 167 Å². The van der Waals surface area contributed by atoms with E-state index in [0.717, 1.165) is 15.6 Å². The molecule has 0 bridgehead atoms. The maximum absolute atomic E-state index is 12.7. The fraction of sp³-hybridized carbons (Fsp3) is 0.0833. The van der Waals surface area contributed by atoms with Crippen molar-refractivity contribution in [2.45, 2.75) is 13.3 Å². The fourth-order valence-corrected chi connectivity index (χ4v) is 3.02. The van der Waals surface area contributed by atoms with Gasteiger partial charge in [-0.15, -0.1) is 0 Å². The van der Waals surface area contributed by atoms with Gasteiger partial charge in [0.15, 0.2) is 11.6 Å². The molecule has 0 radical (unpaired) electrons. The van der Waals surface area contributed by atoms with Gasteiger partial charge in [-0.1, -0.05) is 88.2 Å². The molecule has 0 aliphatic carbocycles. The van der Waals surface area contributed by atoms with Crippen molar-refractivity contribution >= 4 is 33.1 Å². The minimum absolute atomic E-state index is 0.0192. The van der Waals surface area contributed by atoms with Gasteiger partial charge in [-0.3, -0.25) is 9.59 Å².